The van der Waals surface area contributed by atoms with Crippen LogP contribution in [0.15, 0.2) is 91.0 Å². The molecule has 170 valence electrons. The van der Waals surface area contributed by atoms with Gasteiger partial charge in [0.15, 0.2) is 0 Å². The minimum atomic E-state index is -1.38. The summed E-state index contributed by atoms with van der Waals surface area (Å²) in [7, 11) is 0. The van der Waals surface area contributed by atoms with Crippen molar-refractivity contribution in [2.45, 2.75) is 31.2 Å². The fourth-order valence-electron chi connectivity index (χ4n) is 4.05. The quantitative estimate of drug-likeness (QED) is 0.364. The van der Waals surface area contributed by atoms with Gasteiger partial charge in [-0.3, -0.25) is 9.59 Å². The van der Waals surface area contributed by atoms with Crippen LogP contribution in [0, 0.1) is 0 Å². The number of carbonyl (C=O) groups excluding carboxylic acids is 2. The van der Waals surface area contributed by atoms with Gasteiger partial charge in [-0.05, 0) is 23.6 Å². The number of hydrogen-bond donors (Lipinski definition) is 2. The van der Waals surface area contributed by atoms with Crippen LogP contribution in [0.4, 0.5) is 0 Å². The smallest absolute Gasteiger partial charge is 0.326 e. The Labute approximate surface area is 193 Å². The summed E-state index contributed by atoms with van der Waals surface area (Å²) in [4.78, 5) is 36.9. The van der Waals surface area contributed by atoms with Crippen molar-refractivity contribution in [2.75, 3.05) is 6.61 Å². The SMILES string of the molecule is CCOC(=O)C[C@@H](NC(=O)CC(c1ccccc1)(c1ccccc1)c1ccccc1)C(=O)O. The number of carbonyl (C=O) groups is 3. The van der Waals surface area contributed by atoms with Crippen molar-refractivity contribution in [2.24, 2.45) is 0 Å². The first-order chi connectivity index (χ1) is 16.0. The van der Waals surface area contributed by atoms with Crippen LogP contribution >= 0.6 is 0 Å². The lowest BCUT2D eigenvalue weighted by Crippen LogP contribution is -2.45. The molecule has 0 heterocycles. The van der Waals surface area contributed by atoms with Crippen LogP contribution in [0.3, 0.4) is 0 Å². The summed E-state index contributed by atoms with van der Waals surface area (Å²) in [5.41, 5.74) is 1.83. The second-order valence-electron chi connectivity index (χ2n) is 7.65. The molecule has 0 aliphatic heterocycles. The van der Waals surface area contributed by atoms with Crippen LogP contribution in [0.1, 0.15) is 36.5 Å². The van der Waals surface area contributed by atoms with E-state index in [-0.39, 0.29) is 13.0 Å². The van der Waals surface area contributed by atoms with Gasteiger partial charge in [-0.1, -0.05) is 91.0 Å². The zero-order valence-corrected chi connectivity index (χ0v) is 18.4. The Morgan fingerprint density at radius 3 is 1.61 bits per heavy atom. The summed E-state index contributed by atoms with van der Waals surface area (Å²) in [5.74, 6) is -2.45. The van der Waals surface area contributed by atoms with Crippen LogP contribution < -0.4 is 5.32 Å². The topological polar surface area (TPSA) is 92.7 Å². The molecule has 0 aliphatic rings. The Morgan fingerprint density at radius 1 is 0.818 bits per heavy atom. The van der Waals surface area contributed by atoms with Crippen LogP contribution in [-0.4, -0.2) is 35.6 Å². The molecule has 3 rings (SSSR count). The first-order valence-corrected chi connectivity index (χ1v) is 10.8. The average Bonchev–Trinajstić information content (AvgIpc) is 2.84. The molecule has 0 saturated heterocycles. The molecule has 6 nitrogen and oxygen atoms in total. The lowest BCUT2D eigenvalue weighted by molar-refractivity contribution is -0.150. The maximum atomic E-state index is 13.3. The van der Waals surface area contributed by atoms with E-state index in [9.17, 15) is 19.5 Å². The fraction of sp³-hybridized carbons (Fsp3) is 0.222. The number of carboxylic acid groups (broad SMARTS) is 1. The Kier molecular flexibility index (Phi) is 7.97. The molecule has 3 aromatic carbocycles. The lowest BCUT2D eigenvalue weighted by Gasteiger charge is -2.36. The zero-order valence-electron chi connectivity index (χ0n) is 18.4. The number of aliphatic carboxylic acids is 1. The third-order valence-electron chi connectivity index (χ3n) is 5.53. The molecule has 0 aliphatic carbocycles. The molecule has 2 N–H and O–H groups in total. The Balaban J connectivity index is 2.04. The zero-order chi connectivity index (χ0) is 23.7. The minimum absolute atomic E-state index is 0.0440. The molecule has 0 bridgehead atoms. The number of rotatable bonds is 10. The summed E-state index contributed by atoms with van der Waals surface area (Å²) in [6.07, 6.45) is -0.485. The highest BCUT2D eigenvalue weighted by molar-refractivity contribution is 5.88. The predicted octanol–water partition coefficient (Wildman–Crippen LogP) is 3.93. The van der Waals surface area contributed by atoms with E-state index < -0.39 is 35.7 Å². The molecule has 0 saturated carbocycles. The maximum absolute atomic E-state index is 13.3. The van der Waals surface area contributed by atoms with Crippen LogP contribution in [0.2, 0.25) is 0 Å². The number of hydrogen-bond acceptors (Lipinski definition) is 4. The van der Waals surface area contributed by atoms with Crippen molar-refractivity contribution < 1.29 is 24.2 Å². The van der Waals surface area contributed by atoms with Crippen molar-refractivity contribution >= 4 is 17.8 Å². The van der Waals surface area contributed by atoms with E-state index in [0.29, 0.717) is 0 Å². The van der Waals surface area contributed by atoms with Gasteiger partial charge >= 0.3 is 11.9 Å². The molecule has 1 atom stereocenters. The summed E-state index contributed by atoms with van der Waals surface area (Å²) in [5, 5.41) is 12.1. The van der Waals surface area contributed by atoms with Gasteiger partial charge in [-0.15, -0.1) is 0 Å². The van der Waals surface area contributed by atoms with Crippen LogP contribution in [0.5, 0.6) is 0 Å². The standard InChI is InChI=1S/C27H27NO5/c1-2-33-25(30)18-23(26(31)32)28-24(29)19-27(20-12-6-3-7-13-20,21-14-8-4-9-15-21)22-16-10-5-11-17-22/h3-17,23H,2,18-19H2,1H3,(H,28,29)(H,31,32)/t23-/m1/s1. The third-order valence-corrected chi connectivity index (χ3v) is 5.53. The minimum Gasteiger partial charge on any atom is -0.480 e. The molecule has 33 heavy (non-hydrogen) atoms. The maximum Gasteiger partial charge on any atom is 0.326 e. The van der Waals surface area contributed by atoms with E-state index in [1.807, 2.05) is 91.0 Å². The van der Waals surface area contributed by atoms with Gasteiger partial charge in [-0.25, -0.2) is 4.79 Å². The summed E-state index contributed by atoms with van der Waals surface area (Å²) in [6, 6.07) is 27.6. The van der Waals surface area contributed by atoms with Gasteiger partial charge < -0.3 is 15.2 Å². The first kappa shape index (κ1) is 23.7. The highest BCUT2D eigenvalue weighted by Crippen LogP contribution is 2.42. The van der Waals surface area contributed by atoms with E-state index >= 15 is 0 Å². The van der Waals surface area contributed by atoms with Gasteiger partial charge in [0, 0.05) is 6.42 Å². The second kappa shape index (κ2) is 11.1. The average molecular weight is 446 g/mol. The van der Waals surface area contributed by atoms with Gasteiger partial charge in [-0.2, -0.15) is 0 Å². The highest BCUT2D eigenvalue weighted by atomic mass is 16.5. The van der Waals surface area contributed by atoms with Crippen LogP contribution in [0.25, 0.3) is 0 Å². The second-order valence-corrected chi connectivity index (χ2v) is 7.65. The molecule has 0 unspecified atom stereocenters. The Hall–Kier alpha value is -3.93. The first-order valence-electron chi connectivity index (χ1n) is 10.8. The summed E-state index contributed by atoms with van der Waals surface area (Å²) < 4.78 is 4.86. The predicted molar refractivity (Wildman–Crippen MR) is 125 cm³/mol. The van der Waals surface area contributed by atoms with E-state index in [2.05, 4.69) is 5.32 Å². The van der Waals surface area contributed by atoms with Crippen molar-refractivity contribution in [3.63, 3.8) is 0 Å². The van der Waals surface area contributed by atoms with E-state index in [1.165, 1.54) is 0 Å². The molecule has 1 amide bonds. The van der Waals surface area contributed by atoms with Gasteiger partial charge in [0.05, 0.1) is 18.4 Å². The number of benzene rings is 3. The van der Waals surface area contributed by atoms with Crippen molar-refractivity contribution in [3.8, 4) is 0 Å². The Bertz CT molecular complexity index is 971. The lowest BCUT2D eigenvalue weighted by atomic mass is 9.67. The van der Waals surface area contributed by atoms with E-state index in [0.717, 1.165) is 16.7 Å². The van der Waals surface area contributed by atoms with Gasteiger partial charge in [0.1, 0.15) is 6.04 Å². The Morgan fingerprint density at radius 2 is 1.24 bits per heavy atom. The normalized spacial score (nSPS) is 11.9. The number of amides is 1. The van der Waals surface area contributed by atoms with Crippen molar-refractivity contribution in [1.29, 1.82) is 0 Å². The molecule has 0 aromatic heterocycles. The molecular weight excluding hydrogens is 418 g/mol. The number of ether oxygens (including phenoxy) is 1. The largest absolute Gasteiger partial charge is 0.480 e. The van der Waals surface area contributed by atoms with Crippen molar-refractivity contribution in [1.82, 2.24) is 5.32 Å². The summed E-state index contributed by atoms with van der Waals surface area (Å²) >= 11 is 0. The molecule has 0 spiro atoms. The van der Waals surface area contributed by atoms with Gasteiger partial charge in [0.25, 0.3) is 0 Å². The van der Waals surface area contributed by atoms with Crippen LogP contribution in [-0.2, 0) is 24.5 Å². The highest BCUT2D eigenvalue weighted by Gasteiger charge is 2.39. The molecule has 0 fully saturated rings. The number of esters is 1. The molecule has 0 radical (unpaired) electrons. The van der Waals surface area contributed by atoms with E-state index in [4.69, 9.17) is 4.74 Å². The number of carboxylic acids is 1. The third kappa shape index (κ3) is 5.66. The van der Waals surface area contributed by atoms with E-state index in [1.54, 1.807) is 6.92 Å². The van der Waals surface area contributed by atoms with Gasteiger partial charge in [0.2, 0.25) is 5.91 Å². The molecular formula is C27H27NO5. The van der Waals surface area contributed by atoms with Crippen molar-refractivity contribution in [3.05, 3.63) is 108 Å². The molecule has 3 aromatic rings. The monoisotopic (exact) mass is 445 g/mol. The summed E-state index contributed by atoms with van der Waals surface area (Å²) in [6.45, 7) is 1.78. The molecule has 6 heteroatoms. The number of nitrogens with one attached hydrogen (secondary N) is 1. The fourth-order valence-corrected chi connectivity index (χ4v) is 4.05.